The smallest absolute Gasteiger partial charge is 0.253 e. The summed E-state index contributed by atoms with van der Waals surface area (Å²) in [5, 5.41) is 22.1. The number of aliphatic hydroxyl groups is 2. The van der Waals surface area contributed by atoms with Crippen molar-refractivity contribution in [3.05, 3.63) is 70.8 Å². The molecule has 0 aliphatic heterocycles. The first-order valence-electron chi connectivity index (χ1n) is 8.60. The van der Waals surface area contributed by atoms with Crippen LogP contribution in [0.5, 0.6) is 0 Å². The normalized spacial score (nSPS) is 10.4. The van der Waals surface area contributed by atoms with E-state index in [0.717, 1.165) is 25.7 Å². The number of hydrogen-bond donors (Lipinski definition) is 4. The lowest BCUT2D eigenvalue weighted by Crippen LogP contribution is -2.23. The second-order valence-corrected chi connectivity index (χ2v) is 5.93. The van der Waals surface area contributed by atoms with Gasteiger partial charge in [-0.25, -0.2) is 0 Å². The van der Waals surface area contributed by atoms with Gasteiger partial charge >= 0.3 is 0 Å². The van der Waals surface area contributed by atoms with Gasteiger partial charge in [0.2, 0.25) is 0 Å². The van der Waals surface area contributed by atoms with Crippen LogP contribution in [0, 0.1) is 0 Å². The van der Waals surface area contributed by atoms with Gasteiger partial charge in [-0.1, -0.05) is 24.3 Å². The van der Waals surface area contributed by atoms with Gasteiger partial charge < -0.3 is 20.8 Å². The number of aliphatic hydroxyl groups excluding tert-OH is 2. The van der Waals surface area contributed by atoms with E-state index in [4.69, 9.17) is 10.2 Å². The van der Waals surface area contributed by atoms with Crippen LogP contribution in [0.15, 0.2) is 48.5 Å². The highest BCUT2D eigenvalue weighted by atomic mass is 16.3. The molecule has 0 heterocycles. The quantitative estimate of drug-likeness (QED) is 0.405. The molecule has 4 N–H and O–H groups in total. The van der Waals surface area contributed by atoms with Crippen LogP contribution < -0.4 is 10.6 Å². The van der Waals surface area contributed by atoms with Gasteiger partial charge in [0.25, 0.3) is 11.8 Å². The van der Waals surface area contributed by atoms with E-state index < -0.39 is 0 Å². The summed E-state index contributed by atoms with van der Waals surface area (Å²) in [5.41, 5.74) is 3.41. The fraction of sp³-hybridized carbons (Fsp3) is 0.300. The van der Waals surface area contributed by atoms with Crippen molar-refractivity contribution in [1.29, 1.82) is 0 Å². The monoisotopic (exact) mass is 356 g/mol. The van der Waals surface area contributed by atoms with E-state index in [9.17, 15) is 9.59 Å². The second-order valence-electron chi connectivity index (χ2n) is 5.93. The lowest BCUT2D eigenvalue weighted by molar-refractivity contribution is 0.0900. The first kappa shape index (κ1) is 19.6. The summed E-state index contributed by atoms with van der Waals surface area (Å²) < 4.78 is 0. The summed E-state index contributed by atoms with van der Waals surface area (Å²) in [7, 11) is 0. The molecule has 0 radical (unpaired) electrons. The topological polar surface area (TPSA) is 98.7 Å². The average Bonchev–Trinajstić information content (AvgIpc) is 2.66. The zero-order valence-corrected chi connectivity index (χ0v) is 14.6. The molecule has 2 aromatic carbocycles. The minimum absolute atomic E-state index is 0.282. The number of aryl methyl sites for hydroxylation is 2. The number of benzene rings is 2. The summed E-state index contributed by atoms with van der Waals surface area (Å²) in [6.45, 7) is -0.735. The maximum atomic E-state index is 11.6. The molecule has 0 unspecified atom stereocenters. The SMILES string of the molecule is O=C(NCO)c1ccc(CCCCc2ccc(C(=O)NCO)cc2)cc1. The van der Waals surface area contributed by atoms with Gasteiger partial charge in [-0.3, -0.25) is 9.59 Å². The van der Waals surface area contributed by atoms with E-state index in [0.29, 0.717) is 11.1 Å². The van der Waals surface area contributed by atoms with Crippen LogP contribution in [0.1, 0.15) is 44.7 Å². The molecule has 0 aliphatic rings. The van der Waals surface area contributed by atoms with Crippen LogP contribution in [0.3, 0.4) is 0 Å². The Labute approximate surface area is 152 Å². The Balaban J connectivity index is 1.74. The average molecular weight is 356 g/mol. The van der Waals surface area contributed by atoms with Crippen molar-refractivity contribution in [3.63, 3.8) is 0 Å². The largest absolute Gasteiger partial charge is 0.376 e. The van der Waals surface area contributed by atoms with Gasteiger partial charge in [-0.2, -0.15) is 0 Å². The molecule has 26 heavy (non-hydrogen) atoms. The minimum atomic E-state index is -0.367. The van der Waals surface area contributed by atoms with Crippen LogP contribution in [0.2, 0.25) is 0 Å². The van der Waals surface area contributed by atoms with Crippen LogP contribution in [-0.4, -0.2) is 35.5 Å². The predicted molar refractivity (Wildman–Crippen MR) is 98.6 cm³/mol. The summed E-state index contributed by atoms with van der Waals surface area (Å²) in [4.78, 5) is 23.1. The van der Waals surface area contributed by atoms with Gasteiger partial charge in [0.15, 0.2) is 0 Å². The zero-order chi connectivity index (χ0) is 18.8. The maximum Gasteiger partial charge on any atom is 0.253 e. The highest BCUT2D eigenvalue weighted by Gasteiger charge is 2.05. The van der Waals surface area contributed by atoms with Gasteiger partial charge in [-0.05, 0) is 61.1 Å². The van der Waals surface area contributed by atoms with Crippen LogP contribution >= 0.6 is 0 Å². The highest BCUT2D eigenvalue weighted by Crippen LogP contribution is 2.12. The molecular weight excluding hydrogens is 332 g/mol. The first-order valence-corrected chi connectivity index (χ1v) is 8.60. The van der Waals surface area contributed by atoms with Gasteiger partial charge in [0.1, 0.15) is 13.5 Å². The highest BCUT2D eigenvalue weighted by molar-refractivity contribution is 5.94. The lowest BCUT2D eigenvalue weighted by atomic mass is 10.0. The van der Waals surface area contributed by atoms with E-state index >= 15 is 0 Å². The standard InChI is InChI=1S/C20H24N2O4/c23-13-21-19(25)17-9-5-15(6-10-17)3-1-2-4-16-7-11-18(12-8-16)20(26)22-14-24/h5-12,23-24H,1-4,13-14H2,(H,21,25)(H,22,26). The van der Waals surface area contributed by atoms with E-state index in [1.807, 2.05) is 24.3 Å². The maximum absolute atomic E-state index is 11.6. The van der Waals surface area contributed by atoms with Gasteiger partial charge in [0.05, 0.1) is 0 Å². The molecule has 2 amide bonds. The molecule has 2 rings (SSSR count). The molecule has 6 heteroatoms. The van der Waals surface area contributed by atoms with E-state index in [2.05, 4.69) is 10.6 Å². The molecule has 138 valence electrons. The molecule has 0 fully saturated rings. The Bertz CT molecular complexity index is 648. The molecule has 0 spiro atoms. The lowest BCUT2D eigenvalue weighted by Gasteiger charge is -2.06. The Morgan fingerprint density at radius 2 is 1.00 bits per heavy atom. The molecular formula is C20H24N2O4. The molecule has 0 bridgehead atoms. The number of rotatable bonds is 9. The minimum Gasteiger partial charge on any atom is -0.376 e. The molecule has 0 aromatic heterocycles. The Morgan fingerprint density at radius 3 is 1.31 bits per heavy atom. The summed E-state index contributed by atoms with van der Waals surface area (Å²) >= 11 is 0. The van der Waals surface area contributed by atoms with Crippen molar-refractivity contribution in [2.24, 2.45) is 0 Å². The molecule has 2 aromatic rings. The molecule has 6 nitrogen and oxygen atoms in total. The van der Waals surface area contributed by atoms with Crippen LogP contribution in [-0.2, 0) is 12.8 Å². The third-order valence-corrected chi connectivity index (χ3v) is 4.09. The van der Waals surface area contributed by atoms with Gasteiger partial charge in [0, 0.05) is 11.1 Å². The van der Waals surface area contributed by atoms with Crippen LogP contribution in [0.4, 0.5) is 0 Å². The number of nitrogens with one attached hydrogen (secondary N) is 2. The van der Waals surface area contributed by atoms with Crippen molar-refractivity contribution >= 4 is 11.8 Å². The van der Waals surface area contributed by atoms with Crippen molar-refractivity contribution in [2.45, 2.75) is 25.7 Å². The van der Waals surface area contributed by atoms with Crippen molar-refractivity contribution in [1.82, 2.24) is 10.6 Å². The predicted octanol–water partition coefficient (Wildman–Crippen LogP) is 1.61. The number of carbonyl (C=O) groups excluding carboxylic acids is 2. The van der Waals surface area contributed by atoms with Crippen molar-refractivity contribution in [2.75, 3.05) is 13.5 Å². The third kappa shape index (κ3) is 5.98. The van der Waals surface area contributed by atoms with Crippen LogP contribution in [0.25, 0.3) is 0 Å². The third-order valence-electron chi connectivity index (χ3n) is 4.09. The fourth-order valence-electron chi connectivity index (χ4n) is 2.65. The number of carbonyl (C=O) groups is 2. The van der Waals surface area contributed by atoms with E-state index in [-0.39, 0.29) is 25.3 Å². The summed E-state index contributed by atoms with van der Waals surface area (Å²) in [6.07, 6.45) is 3.90. The summed E-state index contributed by atoms with van der Waals surface area (Å²) in [6, 6.07) is 14.8. The molecule has 0 saturated heterocycles. The number of amides is 2. The molecule has 0 saturated carbocycles. The Kier molecular flexibility index (Phi) is 7.79. The summed E-state index contributed by atoms with van der Waals surface area (Å²) in [5.74, 6) is -0.565. The fourth-order valence-corrected chi connectivity index (χ4v) is 2.65. The molecule has 0 atom stereocenters. The van der Waals surface area contributed by atoms with Gasteiger partial charge in [-0.15, -0.1) is 0 Å². The van der Waals surface area contributed by atoms with E-state index in [1.165, 1.54) is 11.1 Å². The number of unbranched alkanes of at least 4 members (excludes halogenated alkanes) is 1. The Morgan fingerprint density at radius 1 is 0.654 bits per heavy atom. The number of hydrogen-bond acceptors (Lipinski definition) is 4. The first-order chi connectivity index (χ1) is 12.6. The molecule has 0 aliphatic carbocycles. The second kappa shape index (κ2) is 10.3. The van der Waals surface area contributed by atoms with E-state index in [1.54, 1.807) is 24.3 Å². The Hall–Kier alpha value is -2.70. The van der Waals surface area contributed by atoms with Crippen molar-refractivity contribution < 1.29 is 19.8 Å². The van der Waals surface area contributed by atoms with Crippen molar-refractivity contribution in [3.8, 4) is 0 Å². The zero-order valence-electron chi connectivity index (χ0n) is 14.6.